The Bertz CT molecular complexity index is 1830. The van der Waals surface area contributed by atoms with E-state index in [1.807, 2.05) is 0 Å². The normalized spacial score (nSPS) is 11.2. The number of carbonyl (C=O) groups is 9. The molecule has 0 radical (unpaired) electrons. The molecule has 0 saturated heterocycles. The third kappa shape index (κ3) is 49.5. The van der Waals surface area contributed by atoms with Gasteiger partial charge in [-0.3, -0.25) is 43.2 Å². The summed E-state index contributed by atoms with van der Waals surface area (Å²) in [5, 5.41) is 11.1. The van der Waals surface area contributed by atoms with E-state index in [1.54, 1.807) is 0 Å². The van der Waals surface area contributed by atoms with Crippen molar-refractivity contribution in [3.8, 4) is 0 Å². The molecule has 3 amide bonds. The van der Waals surface area contributed by atoms with Gasteiger partial charge in [0.1, 0.15) is 0 Å². The zero-order valence-corrected chi connectivity index (χ0v) is 58.8. The summed E-state index contributed by atoms with van der Waals surface area (Å²) in [6.07, 6.45) is 36.4. The second-order valence-electron chi connectivity index (χ2n) is 24.7. The summed E-state index contributed by atoms with van der Waals surface area (Å²) in [4.78, 5) is 153. The molecule has 0 spiro atoms. The minimum Gasteiger partial charge on any atom is -0.352 e. The van der Waals surface area contributed by atoms with Crippen molar-refractivity contribution < 1.29 is 72.2 Å². The second-order valence-corrected chi connectivity index (χ2v) is 24.7. The first kappa shape index (κ1) is 85.3. The van der Waals surface area contributed by atoms with Crippen LogP contribution >= 0.6 is 0 Å². The molecule has 21 nitrogen and oxygen atoms in total. The third-order valence-corrected chi connectivity index (χ3v) is 15.8. The maximum Gasteiger partial charge on any atom is 0.329 e. The van der Waals surface area contributed by atoms with E-state index in [0.717, 1.165) is 208 Å². The highest BCUT2D eigenvalue weighted by Gasteiger charge is 2.23. The van der Waals surface area contributed by atoms with Gasteiger partial charge in [-0.15, -0.1) is 0 Å². The number of hydrogen-bond donors (Lipinski definition) is 3. The summed E-state index contributed by atoms with van der Waals surface area (Å²) in [5.74, 6) is -5.11. The molecule has 534 valence electrons. The highest BCUT2D eigenvalue weighted by Crippen LogP contribution is 2.17. The molecule has 0 aromatic heterocycles. The van der Waals surface area contributed by atoms with E-state index >= 15 is 0 Å². The number of carbonyl (C=O) groups excluding carboxylic acids is 9. The van der Waals surface area contributed by atoms with Crippen LogP contribution in [0.3, 0.4) is 0 Å². The molecular weight excluding hydrogens is 1190 g/mol. The van der Waals surface area contributed by atoms with Gasteiger partial charge in [0, 0.05) is 90.5 Å². The van der Waals surface area contributed by atoms with Gasteiger partial charge in [0.15, 0.2) is 0 Å². The molecule has 0 aliphatic rings. The van der Waals surface area contributed by atoms with E-state index in [0.29, 0.717) is 38.5 Å². The molecule has 0 aliphatic heterocycles. The number of hydrogen-bond acceptors (Lipinski definition) is 18. The Hall–Kier alpha value is -5.67. The minimum atomic E-state index is -0.632. The Kier molecular flexibility index (Phi) is 55.1. The van der Waals surface area contributed by atoms with Crippen LogP contribution in [-0.2, 0) is 57.8 Å². The fraction of sp³-hybridized carbons (Fsp3) is 0.792. The zero-order chi connectivity index (χ0) is 68.2. The van der Waals surface area contributed by atoms with Crippen molar-refractivity contribution in [2.75, 3.05) is 39.3 Å². The molecule has 0 aliphatic carbocycles. The lowest BCUT2D eigenvalue weighted by molar-refractivity contribution is -0.326. The van der Waals surface area contributed by atoms with Crippen molar-refractivity contribution in [1.82, 2.24) is 31.6 Å². The zero-order valence-electron chi connectivity index (χ0n) is 58.8. The van der Waals surface area contributed by atoms with Crippen molar-refractivity contribution in [1.29, 1.82) is 0 Å². The van der Waals surface area contributed by atoms with Crippen LogP contribution in [0.5, 0.6) is 0 Å². The number of amides is 3. The first-order valence-electron chi connectivity index (χ1n) is 36.8. The summed E-state index contributed by atoms with van der Waals surface area (Å²) < 4.78 is 0. The van der Waals surface area contributed by atoms with E-state index < -0.39 is 53.5 Å². The van der Waals surface area contributed by atoms with Crippen LogP contribution in [0.1, 0.15) is 362 Å². The standard InChI is InChI=1S/C72H126N6O15/c1-7-13-19-25-31-37-46-64(79)88-76(89-65(80)47-38-32-26-20-14-8-2)55-43-52-73-70(85)61-58-62(71(86)74-53-44-56-77(90-66(81)48-39-33-27-21-15-9-3)91-67(82)49-40-34-28-22-16-10-4)60-63(59-61)72(87)75-54-45-57-78(92-68(83)50-41-35-29-23-17-11-5)93-69(84)51-42-36-30-24-18-12-6/h58-60H,7-57H2,1-6H3,(H,73,85)(H,74,86)(H,75,87). The lowest BCUT2D eigenvalue weighted by atomic mass is 10.0. The number of nitrogens with zero attached hydrogens (tertiary/aromatic N) is 3. The largest absolute Gasteiger partial charge is 0.352 e. The highest BCUT2D eigenvalue weighted by atomic mass is 17.0. The molecular formula is C72H126N6O15. The van der Waals surface area contributed by atoms with Crippen molar-refractivity contribution in [3.63, 3.8) is 0 Å². The van der Waals surface area contributed by atoms with Gasteiger partial charge in [0.2, 0.25) is 0 Å². The maximum atomic E-state index is 14.0. The Morgan fingerprint density at radius 3 is 0.581 bits per heavy atom. The fourth-order valence-electron chi connectivity index (χ4n) is 10.1. The van der Waals surface area contributed by atoms with E-state index in [-0.39, 0.29) is 114 Å². The SMILES string of the molecule is CCCCCCCCC(=O)ON(CCCNC(=O)c1cc(C(=O)NCCCN(OC(=O)CCCCCCCC)OC(=O)CCCCCCCC)cc(C(=O)NCCCN(OC(=O)CCCCCCCC)OC(=O)CCCCCCCC)c1)OC(=O)CCCCCCCC. The monoisotopic (exact) mass is 1310 g/mol. The molecule has 3 N–H and O–H groups in total. The van der Waals surface area contributed by atoms with Crippen LogP contribution in [0, 0.1) is 0 Å². The lowest BCUT2D eigenvalue weighted by Gasteiger charge is -2.20. The molecule has 1 aromatic carbocycles. The smallest absolute Gasteiger partial charge is 0.329 e. The Balaban J connectivity index is 3.37. The van der Waals surface area contributed by atoms with Crippen LogP contribution in [0.4, 0.5) is 0 Å². The fourth-order valence-corrected chi connectivity index (χ4v) is 10.1. The van der Waals surface area contributed by atoms with E-state index in [1.165, 1.54) is 18.2 Å². The van der Waals surface area contributed by atoms with Gasteiger partial charge in [-0.05, 0) is 76.0 Å². The predicted octanol–water partition coefficient (Wildman–Crippen LogP) is 16.2. The average Bonchev–Trinajstić information content (AvgIpc) is 3.38. The summed E-state index contributed by atoms with van der Waals surface area (Å²) in [6.45, 7) is 12.7. The molecule has 93 heavy (non-hydrogen) atoms. The summed E-state index contributed by atoms with van der Waals surface area (Å²) in [7, 11) is 0. The molecule has 0 fully saturated rings. The Morgan fingerprint density at radius 2 is 0.409 bits per heavy atom. The van der Waals surface area contributed by atoms with E-state index in [9.17, 15) is 43.2 Å². The van der Waals surface area contributed by atoms with Gasteiger partial charge in [-0.2, -0.15) is 0 Å². The van der Waals surface area contributed by atoms with Gasteiger partial charge < -0.3 is 45.0 Å². The number of unbranched alkanes of at least 4 members (excludes halogenated alkanes) is 30. The molecule has 0 saturated carbocycles. The summed E-state index contributed by atoms with van der Waals surface area (Å²) in [6, 6.07) is 4.04. The number of hydroxylamine groups is 6. The maximum absolute atomic E-state index is 14.0. The Morgan fingerprint density at radius 1 is 0.247 bits per heavy atom. The molecule has 1 aromatic rings. The Labute approximate surface area is 559 Å². The van der Waals surface area contributed by atoms with Crippen LogP contribution in [0.25, 0.3) is 0 Å². The number of benzene rings is 1. The molecule has 0 atom stereocenters. The molecule has 0 bridgehead atoms. The van der Waals surface area contributed by atoms with Crippen molar-refractivity contribution in [3.05, 3.63) is 34.9 Å². The predicted molar refractivity (Wildman–Crippen MR) is 362 cm³/mol. The highest BCUT2D eigenvalue weighted by molar-refractivity contribution is 6.04. The molecule has 0 heterocycles. The summed E-state index contributed by atoms with van der Waals surface area (Å²) in [5.41, 5.74) is -0.0782. The topological polar surface area (TPSA) is 255 Å². The van der Waals surface area contributed by atoms with Gasteiger partial charge in [-0.1, -0.05) is 234 Å². The first-order valence-corrected chi connectivity index (χ1v) is 36.8. The van der Waals surface area contributed by atoms with Crippen LogP contribution < -0.4 is 16.0 Å². The van der Waals surface area contributed by atoms with Gasteiger partial charge >= 0.3 is 35.8 Å². The van der Waals surface area contributed by atoms with Gasteiger partial charge in [0.25, 0.3) is 17.7 Å². The van der Waals surface area contributed by atoms with Crippen LogP contribution in [-0.4, -0.2) is 108 Å². The van der Waals surface area contributed by atoms with E-state index in [2.05, 4.69) is 57.5 Å². The average molecular weight is 1320 g/mol. The lowest BCUT2D eigenvalue weighted by Crippen LogP contribution is -2.35. The van der Waals surface area contributed by atoms with E-state index in [4.69, 9.17) is 29.0 Å². The van der Waals surface area contributed by atoms with Gasteiger partial charge in [-0.25, -0.2) is 0 Å². The van der Waals surface area contributed by atoms with Gasteiger partial charge in [0.05, 0.1) is 19.6 Å². The first-order chi connectivity index (χ1) is 45.2. The second kappa shape index (κ2) is 60.0. The molecule has 1 rings (SSSR count). The third-order valence-electron chi connectivity index (χ3n) is 15.8. The van der Waals surface area contributed by atoms with Crippen molar-refractivity contribution in [2.45, 2.75) is 330 Å². The number of nitrogens with one attached hydrogen (secondary N) is 3. The van der Waals surface area contributed by atoms with Crippen LogP contribution in [0.2, 0.25) is 0 Å². The quantitative estimate of drug-likeness (QED) is 0.0405. The van der Waals surface area contributed by atoms with Crippen molar-refractivity contribution in [2.24, 2.45) is 0 Å². The summed E-state index contributed by atoms with van der Waals surface area (Å²) >= 11 is 0. The molecule has 21 heteroatoms. The van der Waals surface area contributed by atoms with Crippen molar-refractivity contribution >= 4 is 53.5 Å². The minimum absolute atomic E-state index is 0.0182. The van der Waals surface area contributed by atoms with Crippen LogP contribution in [0.15, 0.2) is 18.2 Å². The molecule has 0 unspecified atom stereocenters. The number of rotatable bonds is 63.